The standard InChI is InChI=1S/C22H23ClN4S/c1-3-7-21-25-26-22(28-16-19-10-12-20(23)13-11-19)27(21)24-15-17(2)14-18-8-5-4-6-9-18/h4-6,8-15H,3,7,16H2,1-2H3/b17-14-,24-15+. The number of hydrogen-bond donors (Lipinski definition) is 0. The summed E-state index contributed by atoms with van der Waals surface area (Å²) >= 11 is 7.58. The Morgan fingerprint density at radius 3 is 2.57 bits per heavy atom. The van der Waals surface area contributed by atoms with Gasteiger partial charge in [-0.1, -0.05) is 78.8 Å². The number of thioether (sulfide) groups is 1. The SMILES string of the molecule is CCCc1nnc(SCc2ccc(Cl)cc2)n1/N=C/C(C)=C\c1ccccc1. The molecular formula is C22H23ClN4S. The molecular weight excluding hydrogens is 388 g/mol. The van der Waals surface area contributed by atoms with E-state index in [-0.39, 0.29) is 0 Å². The number of allylic oxidation sites excluding steroid dienone is 1. The average molecular weight is 411 g/mol. The molecule has 0 aliphatic carbocycles. The van der Waals surface area contributed by atoms with Gasteiger partial charge in [0.05, 0.1) is 6.21 Å². The number of benzene rings is 2. The zero-order valence-electron chi connectivity index (χ0n) is 16.0. The third kappa shape index (κ3) is 5.81. The molecule has 0 bridgehead atoms. The van der Waals surface area contributed by atoms with Gasteiger partial charge in [0.2, 0.25) is 5.16 Å². The molecule has 0 aliphatic rings. The van der Waals surface area contributed by atoms with Crippen molar-refractivity contribution < 1.29 is 0 Å². The number of hydrogen-bond acceptors (Lipinski definition) is 4. The minimum Gasteiger partial charge on any atom is -0.191 e. The summed E-state index contributed by atoms with van der Waals surface area (Å²) in [6, 6.07) is 18.1. The quantitative estimate of drug-likeness (QED) is 0.332. The number of rotatable bonds is 8. The molecule has 28 heavy (non-hydrogen) atoms. The fourth-order valence-electron chi connectivity index (χ4n) is 2.61. The van der Waals surface area contributed by atoms with E-state index < -0.39 is 0 Å². The van der Waals surface area contributed by atoms with Crippen LogP contribution in [0.4, 0.5) is 0 Å². The molecule has 0 spiro atoms. The largest absolute Gasteiger partial charge is 0.212 e. The molecule has 0 atom stereocenters. The van der Waals surface area contributed by atoms with Crippen LogP contribution in [0.1, 0.15) is 37.2 Å². The average Bonchev–Trinajstić information content (AvgIpc) is 3.08. The van der Waals surface area contributed by atoms with Crippen LogP contribution in [-0.2, 0) is 12.2 Å². The molecule has 0 saturated heterocycles. The van der Waals surface area contributed by atoms with E-state index in [2.05, 4.69) is 40.4 Å². The highest BCUT2D eigenvalue weighted by Crippen LogP contribution is 2.23. The van der Waals surface area contributed by atoms with Gasteiger partial charge >= 0.3 is 0 Å². The maximum atomic E-state index is 5.96. The number of halogens is 1. The van der Waals surface area contributed by atoms with E-state index in [9.17, 15) is 0 Å². The van der Waals surface area contributed by atoms with E-state index in [1.54, 1.807) is 11.8 Å². The van der Waals surface area contributed by atoms with Crippen LogP contribution in [0.5, 0.6) is 0 Å². The summed E-state index contributed by atoms with van der Waals surface area (Å²) < 4.78 is 1.85. The van der Waals surface area contributed by atoms with Crippen LogP contribution in [0, 0.1) is 0 Å². The topological polar surface area (TPSA) is 43.1 Å². The summed E-state index contributed by atoms with van der Waals surface area (Å²) in [7, 11) is 0. The van der Waals surface area contributed by atoms with Crippen molar-refractivity contribution >= 4 is 35.7 Å². The number of nitrogens with zero attached hydrogens (tertiary/aromatic N) is 4. The van der Waals surface area contributed by atoms with Gasteiger partial charge in [0, 0.05) is 17.2 Å². The van der Waals surface area contributed by atoms with Crippen molar-refractivity contribution in [2.75, 3.05) is 0 Å². The molecule has 0 unspecified atom stereocenters. The Morgan fingerprint density at radius 2 is 1.86 bits per heavy atom. The second-order valence-electron chi connectivity index (χ2n) is 6.42. The Kier molecular flexibility index (Phi) is 7.46. The Hall–Kier alpha value is -2.37. The molecule has 0 N–H and O–H groups in total. The number of aryl methyl sites for hydroxylation is 1. The van der Waals surface area contributed by atoms with Crippen molar-refractivity contribution in [3.8, 4) is 0 Å². The molecule has 0 radical (unpaired) electrons. The molecule has 0 amide bonds. The lowest BCUT2D eigenvalue weighted by Crippen LogP contribution is -2.00. The van der Waals surface area contributed by atoms with Gasteiger partial charge in [0.25, 0.3) is 0 Å². The minimum atomic E-state index is 0.743. The van der Waals surface area contributed by atoms with E-state index in [1.165, 1.54) is 5.56 Å². The van der Waals surface area contributed by atoms with E-state index in [1.807, 2.05) is 60.3 Å². The Bertz CT molecular complexity index is 946. The highest BCUT2D eigenvalue weighted by atomic mass is 35.5. The van der Waals surface area contributed by atoms with E-state index in [4.69, 9.17) is 11.6 Å². The van der Waals surface area contributed by atoms with Gasteiger partial charge in [-0.05, 0) is 42.2 Å². The molecule has 6 heteroatoms. The fourth-order valence-corrected chi connectivity index (χ4v) is 3.60. The molecule has 0 fully saturated rings. The summed E-state index contributed by atoms with van der Waals surface area (Å²) in [5, 5.41) is 14.9. The Labute approximate surface area is 175 Å². The van der Waals surface area contributed by atoms with Gasteiger partial charge < -0.3 is 0 Å². The van der Waals surface area contributed by atoms with E-state index in [0.717, 1.165) is 45.7 Å². The van der Waals surface area contributed by atoms with Crippen molar-refractivity contribution in [2.24, 2.45) is 5.10 Å². The van der Waals surface area contributed by atoms with E-state index in [0.29, 0.717) is 0 Å². The van der Waals surface area contributed by atoms with Gasteiger partial charge in [-0.2, -0.15) is 9.78 Å². The molecule has 3 aromatic rings. The first-order chi connectivity index (χ1) is 13.7. The van der Waals surface area contributed by atoms with E-state index >= 15 is 0 Å². The van der Waals surface area contributed by atoms with Crippen molar-refractivity contribution in [1.82, 2.24) is 14.9 Å². The van der Waals surface area contributed by atoms with Gasteiger partial charge in [-0.25, -0.2) is 0 Å². The van der Waals surface area contributed by atoms with Gasteiger partial charge in [-0.15, -0.1) is 10.2 Å². The van der Waals surface area contributed by atoms with Crippen LogP contribution >= 0.6 is 23.4 Å². The highest BCUT2D eigenvalue weighted by molar-refractivity contribution is 7.98. The zero-order valence-corrected chi connectivity index (χ0v) is 17.6. The first kappa shape index (κ1) is 20.4. The minimum absolute atomic E-state index is 0.743. The number of aromatic nitrogens is 3. The fraction of sp³-hybridized carbons (Fsp3) is 0.227. The summed E-state index contributed by atoms with van der Waals surface area (Å²) in [6.45, 7) is 4.17. The van der Waals surface area contributed by atoms with Crippen LogP contribution in [0.3, 0.4) is 0 Å². The first-order valence-electron chi connectivity index (χ1n) is 9.25. The third-order valence-corrected chi connectivity index (χ3v) is 5.24. The van der Waals surface area contributed by atoms with Crippen molar-refractivity contribution in [3.63, 3.8) is 0 Å². The maximum Gasteiger partial charge on any atom is 0.212 e. The predicted molar refractivity (Wildman–Crippen MR) is 119 cm³/mol. The highest BCUT2D eigenvalue weighted by Gasteiger charge is 2.11. The Morgan fingerprint density at radius 1 is 1.11 bits per heavy atom. The molecule has 1 aromatic heterocycles. The molecule has 0 aliphatic heterocycles. The summed E-state index contributed by atoms with van der Waals surface area (Å²) in [5.41, 5.74) is 3.41. The lowest BCUT2D eigenvalue weighted by atomic mass is 10.1. The zero-order chi connectivity index (χ0) is 19.8. The van der Waals surface area contributed by atoms with Crippen LogP contribution in [0.2, 0.25) is 5.02 Å². The van der Waals surface area contributed by atoms with Crippen LogP contribution < -0.4 is 0 Å². The second-order valence-corrected chi connectivity index (χ2v) is 7.80. The third-order valence-electron chi connectivity index (χ3n) is 4.00. The Balaban J connectivity index is 1.77. The maximum absolute atomic E-state index is 5.96. The monoisotopic (exact) mass is 410 g/mol. The van der Waals surface area contributed by atoms with Crippen LogP contribution in [0.15, 0.2) is 70.4 Å². The molecule has 1 heterocycles. The molecule has 144 valence electrons. The summed E-state index contributed by atoms with van der Waals surface area (Å²) in [4.78, 5) is 0. The normalized spacial score (nSPS) is 12.0. The molecule has 0 saturated carbocycles. The second kappa shape index (κ2) is 10.2. The lowest BCUT2D eigenvalue weighted by Gasteiger charge is -2.04. The first-order valence-corrected chi connectivity index (χ1v) is 10.6. The molecule has 3 rings (SSSR count). The predicted octanol–water partition coefficient (Wildman–Crippen LogP) is 6.11. The van der Waals surface area contributed by atoms with Gasteiger partial charge in [0.1, 0.15) is 0 Å². The summed E-state index contributed by atoms with van der Waals surface area (Å²) in [6.07, 6.45) is 5.80. The smallest absolute Gasteiger partial charge is 0.191 e. The van der Waals surface area contributed by atoms with Crippen LogP contribution in [-0.4, -0.2) is 21.1 Å². The van der Waals surface area contributed by atoms with Gasteiger partial charge in [-0.3, -0.25) is 0 Å². The van der Waals surface area contributed by atoms with Gasteiger partial charge in [0.15, 0.2) is 5.82 Å². The molecule has 2 aromatic carbocycles. The van der Waals surface area contributed by atoms with Crippen molar-refractivity contribution in [2.45, 2.75) is 37.6 Å². The lowest BCUT2D eigenvalue weighted by molar-refractivity contribution is 0.700. The molecule has 4 nitrogen and oxygen atoms in total. The van der Waals surface area contributed by atoms with Crippen molar-refractivity contribution in [1.29, 1.82) is 0 Å². The summed E-state index contributed by atoms with van der Waals surface area (Å²) in [5.74, 6) is 1.67. The van der Waals surface area contributed by atoms with Crippen molar-refractivity contribution in [3.05, 3.63) is 82.1 Å². The van der Waals surface area contributed by atoms with Crippen LogP contribution in [0.25, 0.3) is 6.08 Å².